The van der Waals surface area contributed by atoms with E-state index in [2.05, 4.69) is 31.4 Å². The van der Waals surface area contributed by atoms with Gasteiger partial charge in [-0.1, -0.05) is 23.7 Å². The predicted molar refractivity (Wildman–Crippen MR) is 93.0 cm³/mol. The standard InChI is InChI=1S/C16H11BrClN3O2/c1-9-2-3-10-7-11(15(18)20-12(10)6-9)8-19-21-16(22)13-4-5-14(17)23-13/h2-8H,1H3,(H,21,22). The van der Waals surface area contributed by atoms with Crippen LogP contribution >= 0.6 is 27.5 Å². The largest absolute Gasteiger partial charge is 0.444 e. The smallest absolute Gasteiger partial charge is 0.307 e. The van der Waals surface area contributed by atoms with Crippen LogP contribution in [0.1, 0.15) is 21.7 Å². The monoisotopic (exact) mass is 391 g/mol. The van der Waals surface area contributed by atoms with Crippen LogP contribution in [0.5, 0.6) is 0 Å². The molecule has 1 amide bonds. The first-order valence-electron chi connectivity index (χ1n) is 6.68. The number of hydrogen-bond acceptors (Lipinski definition) is 4. The number of aryl methyl sites for hydroxylation is 1. The fourth-order valence-electron chi connectivity index (χ4n) is 2.01. The highest BCUT2D eigenvalue weighted by Crippen LogP contribution is 2.20. The number of amides is 1. The second-order valence-corrected chi connectivity index (χ2v) is 6.01. The molecule has 0 saturated heterocycles. The number of carbonyl (C=O) groups is 1. The Labute approximate surface area is 145 Å². The summed E-state index contributed by atoms with van der Waals surface area (Å²) in [6, 6.07) is 11.0. The van der Waals surface area contributed by atoms with Crippen molar-refractivity contribution in [1.29, 1.82) is 0 Å². The number of furan rings is 1. The van der Waals surface area contributed by atoms with Gasteiger partial charge in [-0.2, -0.15) is 5.10 Å². The van der Waals surface area contributed by atoms with E-state index in [9.17, 15) is 4.79 Å². The van der Waals surface area contributed by atoms with Gasteiger partial charge in [-0.05, 0) is 52.7 Å². The maximum absolute atomic E-state index is 11.8. The first kappa shape index (κ1) is 15.7. The Morgan fingerprint density at radius 2 is 2.17 bits per heavy atom. The molecule has 5 nitrogen and oxygen atoms in total. The Morgan fingerprint density at radius 1 is 1.35 bits per heavy atom. The van der Waals surface area contributed by atoms with Crippen LogP contribution in [0.2, 0.25) is 5.15 Å². The Hall–Kier alpha value is -2.18. The molecule has 0 unspecified atom stereocenters. The molecule has 2 heterocycles. The van der Waals surface area contributed by atoms with Gasteiger partial charge >= 0.3 is 5.91 Å². The van der Waals surface area contributed by atoms with E-state index in [0.29, 0.717) is 15.4 Å². The van der Waals surface area contributed by atoms with Gasteiger partial charge < -0.3 is 4.42 Å². The Balaban J connectivity index is 1.79. The molecule has 116 valence electrons. The summed E-state index contributed by atoms with van der Waals surface area (Å²) < 4.78 is 5.61. The van der Waals surface area contributed by atoms with Crippen LogP contribution in [0, 0.1) is 6.92 Å². The van der Waals surface area contributed by atoms with Crippen molar-refractivity contribution in [3.05, 3.63) is 63.1 Å². The van der Waals surface area contributed by atoms with Crippen molar-refractivity contribution in [2.45, 2.75) is 6.92 Å². The molecule has 0 radical (unpaired) electrons. The molecule has 0 atom stereocenters. The van der Waals surface area contributed by atoms with Crippen LogP contribution < -0.4 is 5.43 Å². The quantitative estimate of drug-likeness (QED) is 0.410. The third kappa shape index (κ3) is 3.60. The van der Waals surface area contributed by atoms with Crippen molar-refractivity contribution >= 4 is 50.6 Å². The van der Waals surface area contributed by atoms with Crippen molar-refractivity contribution in [2.24, 2.45) is 5.10 Å². The van der Waals surface area contributed by atoms with E-state index in [1.807, 2.05) is 31.2 Å². The molecular weight excluding hydrogens is 382 g/mol. The van der Waals surface area contributed by atoms with Crippen molar-refractivity contribution in [1.82, 2.24) is 10.4 Å². The average molecular weight is 393 g/mol. The number of rotatable bonds is 3. The molecule has 7 heteroatoms. The van der Waals surface area contributed by atoms with Gasteiger partial charge in [-0.25, -0.2) is 10.4 Å². The van der Waals surface area contributed by atoms with E-state index >= 15 is 0 Å². The van der Waals surface area contributed by atoms with Gasteiger partial charge in [-0.3, -0.25) is 4.79 Å². The van der Waals surface area contributed by atoms with Crippen LogP contribution in [-0.4, -0.2) is 17.1 Å². The molecule has 0 saturated carbocycles. The fourth-order valence-corrected chi connectivity index (χ4v) is 2.51. The lowest BCUT2D eigenvalue weighted by Crippen LogP contribution is -2.16. The Bertz CT molecular complexity index is 921. The summed E-state index contributed by atoms with van der Waals surface area (Å²) in [5.41, 5.74) is 4.92. The molecule has 0 aliphatic carbocycles. The van der Waals surface area contributed by atoms with E-state index in [4.69, 9.17) is 16.0 Å². The summed E-state index contributed by atoms with van der Waals surface area (Å²) >= 11 is 9.28. The topological polar surface area (TPSA) is 67.5 Å². The first-order chi connectivity index (χ1) is 11.0. The van der Waals surface area contributed by atoms with Crippen molar-refractivity contribution < 1.29 is 9.21 Å². The van der Waals surface area contributed by atoms with Gasteiger partial charge in [0.15, 0.2) is 10.4 Å². The first-order valence-corrected chi connectivity index (χ1v) is 7.86. The van der Waals surface area contributed by atoms with E-state index in [1.165, 1.54) is 6.21 Å². The number of nitrogens with zero attached hydrogens (tertiary/aromatic N) is 2. The summed E-state index contributed by atoms with van der Waals surface area (Å²) in [6.45, 7) is 1.99. The predicted octanol–water partition coefficient (Wildman–Crippen LogP) is 4.32. The third-order valence-corrected chi connectivity index (χ3v) is 3.85. The van der Waals surface area contributed by atoms with Gasteiger partial charge in [0, 0.05) is 10.9 Å². The second kappa shape index (κ2) is 6.52. The average Bonchev–Trinajstić information content (AvgIpc) is 2.94. The van der Waals surface area contributed by atoms with Crippen molar-refractivity contribution in [2.75, 3.05) is 0 Å². The van der Waals surface area contributed by atoms with Gasteiger partial charge in [0.1, 0.15) is 5.15 Å². The van der Waals surface area contributed by atoms with Crippen LogP contribution in [0.4, 0.5) is 0 Å². The van der Waals surface area contributed by atoms with Gasteiger partial charge in [0.05, 0.1) is 11.7 Å². The second-order valence-electron chi connectivity index (χ2n) is 4.87. The number of hydrogen-bond donors (Lipinski definition) is 1. The minimum Gasteiger partial charge on any atom is -0.444 e. The number of fused-ring (bicyclic) bond motifs is 1. The highest BCUT2D eigenvalue weighted by molar-refractivity contribution is 9.10. The number of pyridine rings is 1. The molecule has 1 aromatic carbocycles. The molecule has 0 aliphatic heterocycles. The van der Waals surface area contributed by atoms with Gasteiger partial charge in [0.25, 0.3) is 0 Å². The normalized spacial score (nSPS) is 11.3. The summed E-state index contributed by atoms with van der Waals surface area (Å²) in [4.78, 5) is 16.1. The number of nitrogens with one attached hydrogen (secondary N) is 1. The van der Waals surface area contributed by atoms with E-state index in [-0.39, 0.29) is 5.76 Å². The molecule has 3 rings (SSSR count). The Morgan fingerprint density at radius 3 is 2.91 bits per heavy atom. The number of hydrazone groups is 1. The van der Waals surface area contributed by atoms with Crippen LogP contribution in [0.15, 0.2) is 50.6 Å². The number of aromatic nitrogens is 1. The SMILES string of the molecule is Cc1ccc2cc(C=NNC(=O)c3ccc(Br)o3)c(Cl)nc2c1. The maximum Gasteiger partial charge on any atom is 0.307 e. The molecule has 23 heavy (non-hydrogen) atoms. The minimum atomic E-state index is -0.451. The highest BCUT2D eigenvalue weighted by Gasteiger charge is 2.09. The summed E-state index contributed by atoms with van der Waals surface area (Å²) in [5.74, 6) is -0.292. The molecule has 0 bridgehead atoms. The zero-order chi connectivity index (χ0) is 16.4. The minimum absolute atomic E-state index is 0.159. The maximum atomic E-state index is 11.8. The van der Waals surface area contributed by atoms with Gasteiger partial charge in [0.2, 0.25) is 0 Å². The molecule has 0 aliphatic rings. The number of halogens is 2. The zero-order valence-corrected chi connectivity index (χ0v) is 14.4. The van der Waals surface area contributed by atoms with E-state index in [0.717, 1.165) is 16.5 Å². The zero-order valence-electron chi connectivity index (χ0n) is 12.0. The van der Waals surface area contributed by atoms with Crippen molar-refractivity contribution in [3.63, 3.8) is 0 Å². The number of carbonyl (C=O) groups excluding carboxylic acids is 1. The fraction of sp³-hybridized carbons (Fsp3) is 0.0625. The van der Waals surface area contributed by atoms with Gasteiger partial charge in [-0.15, -0.1) is 0 Å². The molecule has 3 aromatic rings. The van der Waals surface area contributed by atoms with Crippen molar-refractivity contribution in [3.8, 4) is 0 Å². The van der Waals surface area contributed by atoms with Crippen LogP contribution in [-0.2, 0) is 0 Å². The summed E-state index contributed by atoms with van der Waals surface area (Å²) in [5, 5.41) is 5.16. The van der Waals surface area contributed by atoms with E-state index < -0.39 is 5.91 Å². The molecule has 0 spiro atoms. The molecule has 1 N–H and O–H groups in total. The highest BCUT2D eigenvalue weighted by atomic mass is 79.9. The summed E-state index contributed by atoms with van der Waals surface area (Å²) in [6.07, 6.45) is 1.45. The van der Waals surface area contributed by atoms with Crippen LogP contribution in [0.25, 0.3) is 10.9 Å². The summed E-state index contributed by atoms with van der Waals surface area (Å²) in [7, 11) is 0. The lowest BCUT2D eigenvalue weighted by atomic mass is 10.1. The molecule has 2 aromatic heterocycles. The lowest BCUT2D eigenvalue weighted by molar-refractivity contribution is 0.0926. The molecular formula is C16H11BrClN3O2. The molecule has 0 fully saturated rings. The lowest BCUT2D eigenvalue weighted by Gasteiger charge is -2.03. The third-order valence-electron chi connectivity index (χ3n) is 3.12. The number of benzene rings is 1. The van der Waals surface area contributed by atoms with Crippen LogP contribution in [0.3, 0.4) is 0 Å². The Kier molecular flexibility index (Phi) is 4.45. The van der Waals surface area contributed by atoms with E-state index in [1.54, 1.807) is 12.1 Å².